The van der Waals surface area contributed by atoms with E-state index in [2.05, 4.69) is 25.2 Å². The van der Waals surface area contributed by atoms with Crippen molar-refractivity contribution in [2.45, 2.75) is 27.0 Å². The first-order chi connectivity index (χ1) is 9.58. The summed E-state index contributed by atoms with van der Waals surface area (Å²) in [5.41, 5.74) is 1.21. The number of halogens is 2. The molecule has 2 rings (SSSR count). The summed E-state index contributed by atoms with van der Waals surface area (Å²) in [7, 11) is 0. The molecule has 1 N–H and O–H groups in total. The lowest BCUT2D eigenvalue weighted by Gasteiger charge is -2.06. The molecular weight excluding hydrogens is 313 g/mol. The van der Waals surface area contributed by atoms with Crippen LogP contribution in [0.5, 0.6) is 5.75 Å². The van der Waals surface area contributed by atoms with Crippen molar-refractivity contribution in [3.8, 4) is 5.75 Å². The maximum Gasteiger partial charge on any atom is 0.122 e. The quantitative estimate of drug-likeness (QED) is 0.800. The Balaban J connectivity index is 2.01. The van der Waals surface area contributed by atoms with Gasteiger partial charge in [-0.3, -0.25) is 0 Å². The van der Waals surface area contributed by atoms with Gasteiger partial charge in [0.15, 0.2) is 0 Å². The van der Waals surface area contributed by atoms with Crippen molar-refractivity contribution >= 4 is 34.5 Å². The van der Waals surface area contributed by atoms with Gasteiger partial charge in [0, 0.05) is 31.9 Å². The van der Waals surface area contributed by atoms with Crippen molar-refractivity contribution in [2.75, 3.05) is 6.54 Å². The fourth-order valence-electron chi connectivity index (χ4n) is 1.84. The lowest BCUT2D eigenvalue weighted by atomic mass is 10.2. The second kappa shape index (κ2) is 7.32. The Hall–Kier alpha value is -0.740. The molecule has 0 bridgehead atoms. The molecular formula is C15H17Cl2NOS. The molecule has 0 aliphatic carbocycles. The van der Waals surface area contributed by atoms with Crippen LogP contribution in [-0.2, 0) is 13.2 Å². The molecule has 1 heterocycles. The van der Waals surface area contributed by atoms with Crippen LogP contribution in [-0.4, -0.2) is 6.54 Å². The number of aryl methyl sites for hydroxylation is 1. The topological polar surface area (TPSA) is 21.3 Å². The summed E-state index contributed by atoms with van der Waals surface area (Å²) < 4.78 is 5.77. The van der Waals surface area contributed by atoms with Crippen LogP contribution in [0.2, 0.25) is 10.0 Å². The van der Waals surface area contributed by atoms with Crippen LogP contribution in [0.3, 0.4) is 0 Å². The van der Waals surface area contributed by atoms with Gasteiger partial charge in [0.2, 0.25) is 0 Å². The van der Waals surface area contributed by atoms with E-state index in [-0.39, 0.29) is 0 Å². The van der Waals surface area contributed by atoms with Crippen LogP contribution in [0.15, 0.2) is 24.3 Å². The van der Waals surface area contributed by atoms with Gasteiger partial charge in [-0.05, 0) is 37.7 Å². The standard InChI is InChI=1S/C15H17Cl2NOS/c1-3-18-8-15-4-11(10(2)20-15)9-19-14-6-12(16)5-13(17)7-14/h4-7,18H,3,8-9H2,1-2H3. The molecule has 1 aromatic heterocycles. The van der Waals surface area contributed by atoms with Gasteiger partial charge in [-0.2, -0.15) is 0 Å². The molecule has 0 fully saturated rings. The summed E-state index contributed by atoms with van der Waals surface area (Å²) in [5.74, 6) is 0.696. The van der Waals surface area contributed by atoms with Crippen LogP contribution >= 0.6 is 34.5 Å². The van der Waals surface area contributed by atoms with Crippen LogP contribution in [0, 0.1) is 6.92 Å². The highest BCUT2D eigenvalue weighted by atomic mass is 35.5. The zero-order valence-corrected chi connectivity index (χ0v) is 13.8. The van der Waals surface area contributed by atoms with Crippen LogP contribution in [0.1, 0.15) is 22.2 Å². The molecule has 2 aromatic rings. The maximum atomic E-state index is 5.95. The Kier molecular flexibility index (Phi) is 5.73. The second-order valence-electron chi connectivity index (χ2n) is 4.47. The lowest BCUT2D eigenvalue weighted by Crippen LogP contribution is -2.10. The molecule has 0 aliphatic rings. The van der Waals surface area contributed by atoms with Crippen molar-refractivity contribution in [3.63, 3.8) is 0 Å². The minimum atomic E-state index is 0.533. The molecule has 0 atom stereocenters. The van der Waals surface area contributed by atoms with Gasteiger partial charge in [0.25, 0.3) is 0 Å². The number of ether oxygens (including phenoxy) is 1. The lowest BCUT2D eigenvalue weighted by molar-refractivity contribution is 0.306. The molecule has 108 valence electrons. The van der Waals surface area contributed by atoms with Gasteiger partial charge in [-0.1, -0.05) is 30.1 Å². The first kappa shape index (κ1) is 15.6. The number of hydrogen-bond acceptors (Lipinski definition) is 3. The molecule has 0 saturated heterocycles. The number of benzene rings is 1. The van der Waals surface area contributed by atoms with E-state index < -0.39 is 0 Å². The summed E-state index contributed by atoms with van der Waals surface area (Å²) in [4.78, 5) is 2.61. The fourth-order valence-corrected chi connectivity index (χ4v) is 3.36. The maximum absolute atomic E-state index is 5.95. The molecule has 0 saturated carbocycles. The average molecular weight is 330 g/mol. The van der Waals surface area contributed by atoms with Crippen LogP contribution in [0.4, 0.5) is 0 Å². The van der Waals surface area contributed by atoms with E-state index in [1.165, 1.54) is 15.3 Å². The fraction of sp³-hybridized carbons (Fsp3) is 0.333. The molecule has 2 nitrogen and oxygen atoms in total. The van der Waals surface area contributed by atoms with Gasteiger partial charge in [-0.15, -0.1) is 11.3 Å². The number of thiophene rings is 1. The zero-order chi connectivity index (χ0) is 14.5. The summed E-state index contributed by atoms with van der Waals surface area (Å²) in [6, 6.07) is 7.43. The minimum absolute atomic E-state index is 0.533. The van der Waals surface area contributed by atoms with E-state index >= 15 is 0 Å². The van der Waals surface area contributed by atoms with Crippen molar-refractivity contribution < 1.29 is 4.74 Å². The highest BCUT2D eigenvalue weighted by Gasteiger charge is 2.07. The van der Waals surface area contributed by atoms with Crippen molar-refractivity contribution in [1.29, 1.82) is 0 Å². The van der Waals surface area contributed by atoms with Crippen LogP contribution < -0.4 is 10.1 Å². The molecule has 0 aliphatic heterocycles. The number of hydrogen-bond donors (Lipinski definition) is 1. The van der Waals surface area contributed by atoms with E-state index in [4.69, 9.17) is 27.9 Å². The Bertz CT molecular complexity index is 563. The van der Waals surface area contributed by atoms with E-state index in [0.29, 0.717) is 22.4 Å². The SMILES string of the molecule is CCNCc1cc(COc2cc(Cl)cc(Cl)c2)c(C)s1. The van der Waals surface area contributed by atoms with Gasteiger partial charge in [-0.25, -0.2) is 0 Å². The Labute approximate surface area is 133 Å². The minimum Gasteiger partial charge on any atom is -0.489 e. The molecule has 0 radical (unpaired) electrons. The van der Waals surface area contributed by atoms with E-state index in [9.17, 15) is 0 Å². The Morgan fingerprint density at radius 3 is 2.50 bits per heavy atom. The zero-order valence-electron chi connectivity index (χ0n) is 11.5. The van der Waals surface area contributed by atoms with E-state index in [1.807, 2.05) is 0 Å². The second-order valence-corrected chi connectivity index (χ2v) is 6.68. The third-order valence-electron chi connectivity index (χ3n) is 2.85. The summed E-state index contributed by atoms with van der Waals surface area (Å²) in [6.45, 7) is 6.64. The molecule has 20 heavy (non-hydrogen) atoms. The summed E-state index contributed by atoms with van der Waals surface area (Å²) in [5, 5.41) is 4.50. The van der Waals surface area contributed by atoms with Crippen molar-refractivity contribution in [2.24, 2.45) is 0 Å². The Morgan fingerprint density at radius 2 is 1.85 bits per heavy atom. The summed E-state index contributed by atoms with van der Waals surface area (Å²) >= 11 is 13.7. The highest BCUT2D eigenvalue weighted by Crippen LogP contribution is 2.27. The van der Waals surface area contributed by atoms with Gasteiger partial charge >= 0.3 is 0 Å². The van der Waals surface area contributed by atoms with Crippen molar-refractivity contribution in [3.05, 3.63) is 49.6 Å². The Morgan fingerprint density at radius 1 is 1.15 bits per heavy atom. The molecule has 5 heteroatoms. The largest absolute Gasteiger partial charge is 0.489 e. The average Bonchev–Trinajstić information content (AvgIpc) is 2.73. The smallest absolute Gasteiger partial charge is 0.122 e. The molecule has 0 amide bonds. The first-order valence-corrected chi connectivity index (χ1v) is 8.03. The molecule has 0 spiro atoms. The number of nitrogens with one attached hydrogen (secondary N) is 1. The van der Waals surface area contributed by atoms with Gasteiger partial charge < -0.3 is 10.1 Å². The molecule has 1 aromatic carbocycles. The normalized spacial score (nSPS) is 10.8. The predicted octanol–water partition coefficient (Wildman–Crippen LogP) is 5.05. The monoisotopic (exact) mass is 329 g/mol. The summed E-state index contributed by atoms with van der Waals surface area (Å²) in [6.07, 6.45) is 0. The van der Waals surface area contributed by atoms with Crippen LogP contribution in [0.25, 0.3) is 0 Å². The number of rotatable bonds is 6. The third-order valence-corrected chi connectivity index (χ3v) is 4.38. The first-order valence-electron chi connectivity index (χ1n) is 6.46. The van der Waals surface area contributed by atoms with Crippen molar-refractivity contribution in [1.82, 2.24) is 5.32 Å². The van der Waals surface area contributed by atoms with Gasteiger partial charge in [0.05, 0.1) is 0 Å². The molecule has 0 unspecified atom stereocenters. The van der Waals surface area contributed by atoms with Gasteiger partial charge in [0.1, 0.15) is 12.4 Å². The predicted molar refractivity (Wildman–Crippen MR) is 87.2 cm³/mol. The highest BCUT2D eigenvalue weighted by molar-refractivity contribution is 7.12. The van der Waals surface area contributed by atoms with E-state index in [1.54, 1.807) is 29.5 Å². The van der Waals surface area contributed by atoms with E-state index in [0.717, 1.165) is 13.1 Å². The third kappa shape index (κ3) is 4.38.